The van der Waals surface area contributed by atoms with Crippen molar-refractivity contribution in [1.29, 1.82) is 0 Å². The fourth-order valence-electron chi connectivity index (χ4n) is 3.58. The lowest BCUT2D eigenvalue weighted by molar-refractivity contribution is -0.137. The van der Waals surface area contributed by atoms with Gasteiger partial charge in [-0.1, -0.05) is 24.3 Å². The molecule has 0 aliphatic carbocycles. The Morgan fingerprint density at radius 1 is 1.22 bits per heavy atom. The van der Waals surface area contributed by atoms with E-state index in [-0.39, 0.29) is 18.5 Å². The van der Waals surface area contributed by atoms with E-state index in [1.807, 2.05) is 24.3 Å². The molecule has 1 fully saturated rings. The van der Waals surface area contributed by atoms with Gasteiger partial charge in [0.1, 0.15) is 11.8 Å². The van der Waals surface area contributed by atoms with Crippen molar-refractivity contribution in [3.8, 4) is 5.75 Å². The quantitative estimate of drug-likeness (QED) is 0.541. The summed E-state index contributed by atoms with van der Waals surface area (Å²) < 4.78 is 45.4. The molecule has 2 unspecified atom stereocenters. The van der Waals surface area contributed by atoms with E-state index >= 15 is 0 Å². The predicted molar refractivity (Wildman–Crippen MR) is 112 cm³/mol. The van der Waals surface area contributed by atoms with Gasteiger partial charge in [-0.15, -0.1) is 0 Å². The molecular formula is C22H22F3N5O2. The van der Waals surface area contributed by atoms with Crippen molar-refractivity contribution in [3.63, 3.8) is 0 Å². The van der Waals surface area contributed by atoms with Crippen molar-refractivity contribution in [2.24, 2.45) is 0 Å². The van der Waals surface area contributed by atoms with Gasteiger partial charge in [0, 0.05) is 12.2 Å². The number of carbonyl (C=O) groups is 1. The summed E-state index contributed by atoms with van der Waals surface area (Å²) in [5.74, 6) is 0.506. The monoisotopic (exact) mass is 445 g/mol. The number of carbonyl (C=O) groups excluding carboxylic acids is 1. The van der Waals surface area contributed by atoms with Crippen LogP contribution >= 0.6 is 0 Å². The second-order valence-corrected chi connectivity index (χ2v) is 7.52. The zero-order valence-electron chi connectivity index (χ0n) is 17.2. The van der Waals surface area contributed by atoms with E-state index in [1.165, 1.54) is 16.9 Å². The molecule has 1 aliphatic rings. The van der Waals surface area contributed by atoms with Crippen LogP contribution in [0.15, 0.2) is 60.9 Å². The Labute approximate surface area is 182 Å². The molecule has 1 saturated heterocycles. The molecule has 32 heavy (non-hydrogen) atoms. The first-order chi connectivity index (χ1) is 15.3. The van der Waals surface area contributed by atoms with E-state index in [2.05, 4.69) is 21.3 Å². The van der Waals surface area contributed by atoms with Crippen molar-refractivity contribution in [3.05, 3.63) is 77.6 Å². The molecule has 1 aromatic heterocycles. The smallest absolute Gasteiger partial charge is 0.416 e. The highest BCUT2D eigenvalue weighted by Crippen LogP contribution is 2.30. The molecule has 2 heterocycles. The molecule has 2 aromatic carbocycles. The average Bonchev–Trinajstić information content (AvgIpc) is 3.43. The van der Waals surface area contributed by atoms with Crippen molar-refractivity contribution in [2.45, 2.75) is 31.2 Å². The number of nitrogens with zero attached hydrogens (tertiary/aromatic N) is 2. The molecule has 0 bridgehead atoms. The normalized spacial score (nSPS) is 18.5. The number of hydrazine groups is 1. The van der Waals surface area contributed by atoms with Gasteiger partial charge in [-0.3, -0.25) is 9.48 Å². The number of halogens is 3. The van der Waals surface area contributed by atoms with Gasteiger partial charge in [-0.25, -0.2) is 10.9 Å². The van der Waals surface area contributed by atoms with Crippen LogP contribution in [0, 0.1) is 0 Å². The molecule has 1 amide bonds. The molecule has 7 nitrogen and oxygen atoms in total. The van der Waals surface area contributed by atoms with E-state index in [0.29, 0.717) is 17.7 Å². The number of ether oxygens (including phenoxy) is 1. The Bertz CT molecular complexity index is 1100. The lowest BCUT2D eigenvalue weighted by Gasteiger charge is -2.11. The standard InChI is InChI=1S/C22H22F3N5O2/c1-32-18-7-3-5-15(9-18)19-10-20(29-28-19)21(31)27-17-11-26-30(13-17)12-14-4-2-6-16(8-14)22(23,24)25/h2-9,11,13,19-20,28-29H,10,12H2,1H3,(H,27,31). The summed E-state index contributed by atoms with van der Waals surface area (Å²) in [5, 5.41) is 6.93. The first-order valence-corrected chi connectivity index (χ1v) is 9.96. The molecule has 2 atom stereocenters. The maximum Gasteiger partial charge on any atom is 0.416 e. The summed E-state index contributed by atoms with van der Waals surface area (Å²) >= 11 is 0. The minimum Gasteiger partial charge on any atom is -0.497 e. The van der Waals surface area contributed by atoms with Gasteiger partial charge < -0.3 is 10.1 Å². The lowest BCUT2D eigenvalue weighted by atomic mass is 10.0. The topological polar surface area (TPSA) is 80.2 Å². The number of methoxy groups -OCH3 is 1. The Hall–Kier alpha value is -3.37. The number of amides is 1. The number of aromatic nitrogens is 2. The fourth-order valence-corrected chi connectivity index (χ4v) is 3.58. The first-order valence-electron chi connectivity index (χ1n) is 9.96. The van der Waals surface area contributed by atoms with Crippen LogP contribution in [0.3, 0.4) is 0 Å². The second-order valence-electron chi connectivity index (χ2n) is 7.52. The third-order valence-corrected chi connectivity index (χ3v) is 5.22. The van der Waals surface area contributed by atoms with Gasteiger partial charge in [-0.2, -0.15) is 18.3 Å². The minimum absolute atomic E-state index is 0.0514. The van der Waals surface area contributed by atoms with Crippen LogP contribution < -0.4 is 20.9 Å². The van der Waals surface area contributed by atoms with E-state index in [4.69, 9.17) is 4.74 Å². The van der Waals surface area contributed by atoms with Gasteiger partial charge in [0.15, 0.2) is 0 Å². The van der Waals surface area contributed by atoms with E-state index in [1.54, 1.807) is 19.4 Å². The Morgan fingerprint density at radius 3 is 2.81 bits per heavy atom. The number of rotatable bonds is 6. The zero-order chi connectivity index (χ0) is 22.7. The minimum atomic E-state index is -4.40. The second kappa shape index (κ2) is 9.01. The largest absolute Gasteiger partial charge is 0.497 e. The van der Waals surface area contributed by atoms with Crippen LogP contribution in [-0.2, 0) is 17.5 Å². The summed E-state index contributed by atoms with van der Waals surface area (Å²) in [6.45, 7) is 0.154. The van der Waals surface area contributed by atoms with Crippen molar-refractivity contribution < 1.29 is 22.7 Å². The third kappa shape index (κ3) is 5.09. The highest BCUT2D eigenvalue weighted by molar-refractivity contribution is 5.94. The molecule has 168 valence electrons. The summed E-state index contributed by atoms with van der Waals surface area (Å²) in [6, 6.07) is 12.2. The fraction of sp³-hybridized carbons (Fsp3) is 0.273. The molecule has 0 spiro atoms. The van der Waals surface area contributed by atoms with E-state index in [9.17, 15) is 18.0 Å². The van der Waals surface area contributed by atoms with Crippen molar-refractivity contribution in [2.75, 3.05) is 12.4 Å². The molecule has 3 aromatic rings. The predicted octanol–water partition coefficient (Wildman–Crippen LogP) is 3.51. The number of hydrogen-bond acceptors (Lipinski definition) is 5. The number of anilines is 1. The van der Waals surface area contributed by atoms with E-state index < -0.39 is 17.8 Å². The van der Waals surface area contributed by atoms with Gasteiger partial charge in [0.2, 0.25) is 5.91 Å². The molecule has 1 aliphatic heterocycles. The average molecular weight is 445 g/mol. The number of nitrogens with one attached hydrogen (secondary N) is 3. The number of benzene rings is 2. The van der Waals surface area contributed by atoms with Gasteiger partial charge in [0.05, 0.1) is 31.1 Å². The Balaban J connectivity index is 1.35. The van der Waals surface area contributed by atoms with Crippen LogP contribution in [0.1, 0.15) is 29.2 Å². The lowest BCUT2D eigenvalue weighted by Crippen LogP contribution is -2.39. The number of alkyl halides is 3. The van der Waals surface area contributed by atoms with Crippen LogP contribution in [0.25, 0.3) is 0 Å². The highest BCUT2D eigenvalue weighted by atomic mass is 19.4. The van der Waals surface area contributed by atoms with E-state index in [0.717, 1.165) is 23.4 Å². The van der Waals surface area contributed by atoms with Crippen LogP contribution in [0.4, 0.5) is 18.9 Å². The Kier molecular flexibility index (Phi) is 6.15. The van der Waals surface area contributed by atoms with Crippen LogP contribution in [-0.4, -0.2) is 28.8 Å². The van der Waals surface area contributed by atoms with Gasteiger partial charge in [-0.05, 0) is 41.8 Å². The van der Waals surface area contributed by atoms with Crippen LogP contribution in [0.5, 0.6) is 5.75 Å². The highest BCUT2D eigenvalue weighted by Gasteiger charge is 2.31. The molecule has 3 N–H and O–H groups in total. The summed E-state index contributed by atoms with van der Waals surface area (Å²) in [6.07, 6.45) is -0.810. The summed E-state index contributed by atoms with van der Waals surface area (Å²) in [5.41, 5.74) is 7.33. The molecule has 4 rings (SSSR count). The van der Waals surface area contributed by atoms with Crippen LogP contribution in [0.2, 0.25) is 0 Å². The number of hydrogen-bond donors (Lipinski definition) is 3. The Morgan fingerprint density at radius 2 is 2.03 bits per heavy atom. The maximum absolute atomic E-state index is 12.9. The van der Waals surface area contributed by atoms with Gasteiger partial charge >= 0.3 is 6.18 Å². The molecule has 0 radical (unpaired) electrons. The maximum atomic E-state index is 12.9. The zero-order valence-corrected chi connectivity index (χ0v) is 17.2. The van der Waals surface area contributed by atoms with Gasteiger partial charge in [0.25, 0.3) is 0 Å². The first kappa shape index (κ1) is 21.8. The van der Waals surface area contributed by atoms with Crippen molar-refractivity contribution >= 4 is 11.6 Å². The summed E-state index contributed by atoms with van der Waals surface area (Å²) in [7, 11) is 1.60. The molecular weight excluding hydrogens is 423 g/mol. The van der Waals surface area contributed by atoms with Crippen molar-refractivity contribution in [1.82, 2.24) is 20.6 Å². The summed E-state index contributed by atoms with van der Waals surface area (Å²) in [4.78, 5) is 12.6. The third-order valence-electron chi connectivity index (χ3n) is 5.22. The molecule has 0 saturated carbocycles. The SMILES string of the molecule is COc1cccc(C2CC(C(=O)Nc3cnn(Cc4cccc(C(F)(F)F)c4)c3)NN2)c1. The molecule has 10 heteroatoms.